The number of oxime groups is 1. The molecular formula is C21H22F3NO. The van der Waals surface area contributed by atoms with Crippen LogP contribution in [0.1, 0.15) is 60.3 Å². The molecule has 0 heterocycles. The standard InChI is InChI=1S/C21H22F3NO/c22-21(23,24)19-12-10-16(11-13-19)15-26-25-14-18-8-4-5-9-20(18)17-6-2-1-3-7-17/h4-5,8-14,17H,1-3,6-7,15H2. The van der Waals surface area contributed by atoms with Gasteiger partial charge in [0.25, 0.3) is 0 Å². The smallest absolute Gasteiger partial charge is 0.391 e. The summed E-state index contributed by atoms with van der Waals surface area (Å²) in [6.07, 6.45) is 3.63. The van der Waals surface area contributed by atoms with E-state index < -0.39 is 11.7 Å². The molecule has 3 rings (SSSR count). The first-order valence-electron chi connectivity index (χ1n) is 8.94. The Bertz CT molecular complexity index is 732. The van der Waals surface area contributed by atoms with Crippen molar-refractivity contribution in [3.05, 3.63) is 70.8 Å². The zero-order chi connectivity index (χ0) is 18.4. The van der Waals surface area contributed by atoms with Crippen LogP contribution in [0.3, 0.4) is 0 Å². The Labute approximate surface area is 151 Å². The van der Waals surface area contributed by atoms with Crippen molar-refractivity contribution in [2.75, 3.05) is 0 Å². The van der Waals surface area contributed by atoms with Gasteiger partial charge >= 0.3 is 6.18 Å². The molecular weight excluding hydrogens is 339 g/mol. The summed E-state index contributed by atoms with van der Waals surface area (Å²) in [5.41, 5.74) is 2.34. The van der Waals surface area contributed by atoms with Gasteiger partial charge < -0.3 is 4.84 Å². The fourth-order valence-corrected chi connectivity index (χ4v) is 3.41. The molecule has 1 aliphatic rings. The minimum absolute atomic E-state index is 0.139. The molecule has 0 saturated heterocycles. The summed E-state index contributed by atoms with van der Waals surface area (Å²) in [5.74, 6) is 0.571. The summed E-state index contributed by atoms with van der Waals surface area (Å²) in [4.78, 5) is 5.28. The molecule has 0 spiro atoms. The maximum absolute atomic E-state index is 12.6. The predicted octanol–water partition coefficient (Wildman–Crippen LogP) is 6.30. The molecule has 0 bridgehead atoms. The van der Waals surface area contributed by atoms with Crippen LogP contribution in [-0.2, 0) is 17.6 Å². The van der Waals surface area contributed by atoms with Crippen LogP contribution in [0, 0.1) is 0 Å². The molecule has 2 aromatic carbocycles. The van der Waals surface area contributed by atoms with Gasteiger partial charge in [0.2, 0.25) is 0 Å². The Balaban J connectivity index is 1.59. The first-order valence-corrected chi connectivity index (χ1v) is 8.94. The van der Waals surface area contributed by atoms with Crippen LogP contribution in [0.5, 0.6) is 0 Å². The SMILES string of the molecule is FC(F)(F)c1ccc(CON=Cc2ccccc2C2CCCCC2)cc1. The van der Waals surface area contributed by atoms with Gasteiger partial charge in [-0.2, -0.15) is 13.2 Å². The number of hydrogen-bond donors (Lipinski definition) is 0. The van der Waals surface area contributed by atoms with E-state index in [2.05, 4.69) is 11.2 Å². The zero-order valence-electron chi connectivity index (χ0n) is 14.5. The number of hydrogen-bond acceptors (Lipinski definition) is 2. The summed E-state index contributed by atoms with van der Waals surface area (Å²) >= 11 is 0. The van der Waals surface area contributed by atoms with Gasteiger partial charge in [-0.05, 0) is 47.6 Å². The molecule has 1 fully saturated rings. The Kier molecular flexibility index (Phi) is 5.96. The summed E-state index contributed by atoms with van der Waals surface area (Å²) in [5, 5.41) is 4.02. The quantitative estimate of drug-likeness (QED) is 0.452. The molecule has 138 valence electrons. The van der Waals surface area contributed by atoms with E-state index >= 15 is 0 Å². The lowest BCUT2D eigenvalue weighted by molar-refractivity contribution is -0.137. The lowest BCUT2D eigenvalue weighted by Gasteiger charge is -2.23. The van der Waals surface area contributed by atoms with Crippen LogP contribution in [-0.4, -0.2) is 6.21 Å². The highest BCUT2D eigenvalue weighted by Gasteiger charge is 2.29. The van der Waals surface area contributed by atoms with Crippen molar-refractivity contribution in [2.24, 2.45) is 5.16 Å². The predicted molar refractivity (Wildman–Crippen MR) is 96.1 cm³/mol. The minimum Gasteiger partial charge on any atom is -0.391 e. The Morgan fingerprint density at radius 2 is 1.65 bits per heavy atom. The normalized spacial score (nSPS) is 16.1. The average Bonchev–Trinajstić information content (AvgIpc) is 2.66. The third-order valence-electron chi connectivity index (χ3n) is 4.82. The molecule has 0 aliphatic heterocycles. The third-order valence-corrected chi connectivity index (χ3v) is 4.82. The van der Waals surface area contributed by atoms with E-state index in [0.29, 0.717) is 11.5 Å². The molecule has 5 heteroatoms. The fourth-order valence-electron chi connectivity index (χ4n) is 3.41. The number of alkyl halides is 3. The van der Waals surface area contributed by atoms with Crippen molar-refractivity contribution in [3.63, 3.8) is 0 Å². The van der Waals surface area contributed by atoms with Crippen LogP contribution < -0.4 is 0 Å². The summed E-state index contributed by atoms with van der Waals surface area (Å²) in [7, 11) is 0. The maximum atomic E-state index is 12.6. The molecule has 26 heavy (non-hydrogen) atoms. The summed E-state index contributed by atoms with van der Waals surface area (Å²) < 4.78 is 37.7. The van der Waals surface area contributed by atoms with Gasteiger partial charge in [-0.3, -0.25) is 0 Å². The molecule has 0 radical (unpaired) electrons. The van der Waals surface area contributed by atoms with E-state index in [4.69, 9.17) is 4.84 Å². The second-order valence-electron chi connectivity index (χ2n) is 6.67. The lowest BCUT2D eigenvalue weighted by atomic mass is 9.82. The minimum atomic E-state index is -4.32. The average molecular weight is 361 g/mol. The van der Waals surface area contributed by atoms with Crippen molar-refractivity contribution >= 4 is 6.21 Å². The van der Waals surface area contributed by atoms with Crippen molar-refractivity contribution < 1.29 is 18.0 Å². The van der Waals surface area contributed by atoms with E-state index in [9.17, 15) is 13.2 Å². The van der Waals surface area contributed by atoms with Crippen molar-refractivity contribution in [1.29, 1.82) is 0 Å². The number of halogens is 3. The van der Waals surface area contributed by atoms with Crippen molar-refractivity contribution in [2.45, 2.75) is 50.8 Å². The second-order valence-corrected chi connectivity index (χ2v) is 6.67. The van der Waals surface area contributed by atoms with Crippen LogP contribution in [0.25, 0.3) is 0 Å². The van der Waals surface area contributed by atoms with Gasteiger partial charge in [0.05, 0.1) is 11.8 Å². The van der Waals surface area contributed by atoms with Crippen molar-refractivity contribution in [3.8, 4) is 0 Å². The van der Waals surface area contributed by atoms with Crippen LogP contribution in [0.4, 0.5) is 13.2 Å². The number of benzene rings is 2. The molecule has 2 nitrogen and oxygen atoms in total. The first-order chi connectivity index (χ1) is 12.5. The van der Waals surface area contributed by atoms with Gasteiger partial charge in [-0.15, -0.1) is 0 Å². The molecule has 1 saturated carbocycles. The van der Waals surface area contributed by atoms with Crippen molar-refractivity contribution in [1.82, 2.24) is 0 Å². The highest BCUT2D eigenvalue weighted by Crippen LogP contribution is 2.34. The van der Waals surface area contributed by atoms with E-state index in [1.807, 2.05) is 18.2 Å². The van der Waals surface area contributed by atoms with Crippen LogP contribution in [0.2, 0.25) is 0 Å². The number of rotatable bonds is 5. The first kappa shape index (κ1) is 18.5. The molecule has 0 aromatic heterocycles. The summed E-state index contributed by atoms with van der Waals surface area (Å²) in [6.45, 7) is 0.139. The van der Waals surface area contributed by atoms with Gasteiger partial charge in [0.15, 0.2) is 0 Å². The largest absolute Gasteiger partial charge is 0.416 e. The van der Waals surface area contributed by atoms with Gasteiger partial charge in [-0.1, -0.05) is 60.8 Å². The molecule has 0 atom stereocenters. The van der Waals surface area contributed by atoms with Crippen LogP contribution >= 0.6 is 0 Å². The molecule has 0 amide bonds. The molecule has 1 aliphatic carbocycles. The van der Waals surface area contributed by atoms with E-state index in [0.717, 1.165) is 17.7 Å². The second kappa shape index (κ2) is 8.39. The third kappa shape index (κ3) is 4.87. The van der Waals surface area contributed by atoms with Crippen LogP contribution in [0.15, 0.2) is 53.7 Å². The Hall–Kier alpha value is -2.30. The zero-order valence-corrected chi connectivity index (χ0v) is 14.5. The Morgan fingerprint density at radius 1 is 0.962 bits per heavy atom. The monoisotopic (exact) mass is 361 g/mol. The molecule has 2 aromatic rings. The van der Waals surface area contributed by atoms with Gasteiger partial charge in [0, 0.05) is 0 Å². The summed E-state index contributed by atoms with van der Waals surface area (Å²) in [6, 6.07) is 13.1. The molecule has 0 N–H and O–H groups in total. The lowest BCUT2D eigenvalue weighted by Crippen LogP contribution is -2.07. The van der Waals surface area contributed by atoms with E-state index in [-0.39, 0.29) is 6.61 Å². The highest BCUT2D eigenvalue weighted by molar-refractivity contribution is 5.81. The number of nitrogens with zero attached hydrogens (tertiary/aromatic N) is 1. The highest BCUT2D eigenvalue weighted by atomic mass is 19.4. The van der Waals surface area contributed by atoms with Gasteiger partial charge in [0.1, 0.15) is 6.61 Å². The van der Waals surface area contributed by atoms with E-state index in [1.54, 1.807) is 6.21 Å². The van der Waals surface area contributed by atoms with E-state index in [1.165, 1.54) is 49.8 Å². The topological polar surface area (TPSA) is 21.6 Å². The maximum Gasteiger partial charge on any atom is 0.416 e. The molecule has 0 unspecified atom stereocenters. The fraction of sp³-hybridized carbons (Fsp3) is 0.381. The Morgan fingerprint density at radius 3 is 2.35 bits per heavy atom. The van der Waals surface area contributed by atoms with Gasteiger partial charge in [-0.25, -0.2) is 0 Å².